The predicted octanol–water partition coefficient (Wildman–Crippen LogP) is 6.26. The van der Waals surface area contributed by atoms with E-state index in [1.165, 1.54) is 11.6 Å². The van der Waals surface area contributed by atoms with E-state index in [2.05, 4.69) is 48.8 Å². The number of unbranched alkanes of at least 4 members (excludes halogenated alkanes) is 1. The van der Waals surface area contributed by atoms with Gasteiger partial charge in [-0.2, -0.15) is 0 Å². The topological polar surface area (TPSA) is 18.5 Å². The van der Waals surface area contributed by atoms with Crippen LogP contribution >= 0.6 is 15.9 Å². The molecule has 0 N–H and O–H groups in total. The van der Waals surface area contributed by atoms with Gasteiger partial charge < -0.3 is 9.47 Å². The fraction of sp³-hybridized carbons (Fsp3) is 0.429. The molecule has 0 saturated heterocycles. The highest BCUT2D eigenvalue weighted by Gasteiger charge is 2.21. The second-order valence-corrected chi connectivity index (χ2v) is 7.71. The Hall–Kier alpha value is -1.39. The Balaban J connectivity index is 1.88. The molecule has 0 unspecified atom stereocenters. The van der Waals surface area contributed by atoms with Crippen LogP contribution in [-0.2, 0) is 16.8 Å². The number of hydrogen-bond donors (Lipinski definition) is 0. The van der Waals surface area contributed by atoms with Crippen molar-refractivity contribution >= 4 is 15.9 Å². The zero-order chi connectivity index (χ0) is 18.3. The first-order chi connectivity index (χ1) is 11.9. The number of ether oxygens (including phenoxy) is 2. The summed E-state index contributed by atoms with van der Waals surface area (Å²) in [4.78, 5) is 0. The van der Waals surface area contributed by atoms with Gasteiger partial charge in [0.25, 0.3) is 0 Å². The summed E-state index contributed by atoms with van der Waals surface area (Å²) < 4.78 is 25.3. The summed E-state index contributed by atoms with van der Waals surface area (Å²) >= 11 is 3.20. The first-order valence-corrected chi connectivity index (χ1v) is 9.46. The normalized spacial score (nSPS) is 11.6. The smallest absolute Gasteiger partial charge is 0.137 e. The first-order valence-electron chi connectivity index (χ1n) is 8.67. The largest absolute Gasteiger partial charge is 0.494 e. The molecule has 2 aromatic rings. The van der Waals surface area contributed by atoms with Crippen LogP contribution in [0.1, 0.15) is 44.7 Å². The molecule has 0 aliphatic carbocycles. The second-order valence-electron chi connectivity index (χ2n) is 6.85. The van der Waals surface area contributed by atoms with Gasteiger partial charge in [0.2, 0.25) is 0 Å². The van der Waals surface area contributed by atoms with E-state index in [-0.39, 0.29) is 11.2 Å². The third-order valence-corrected chi connectivity index (χ3v) is 4.73. The van der Waals surface area contributed by atoms with Gasteiger partial charge in [-0.3, -0.25) is 0 Å². The highest BCUT2D eigenvalue weighted by Crippen LogP contribution is 2.26. The van der Waals surface area contributed by atoms with E-state index in [0.717, 1.165) is 30.8 Å². The zero-order valence-corrected chi connectivity index (χ0v) is 16.7. The molecule has 0 heterocycles. The van der Waals surface area contributed by atoms with Gasteiger partial charge >= 0.3 is 0 Å². The summed E-state index contributed by atoms with van der Waals surface area (Å²) in [5.41, 5.74) is 2.04. The summed E-state index contributed by atoms with van der Waals surface area (Å²) in [6, 6.07) is 13.2. The van der Waals surface area contributed by atoms with Crippen LogP contribution in [0.4, 0.5) is 4.39 Å². The molecule has 0 aliphatic rings. The lowest BCUT2D eigenvalue weighted by molar-refractivity contribution is 0.0824. The second kappa shape index (κ2) is 9.35. The third-order valence-electron chi connectivity index (χ3n) is 4.12. The van der Waals surface area contributed by atoms with Crippen molar-refractivity contribution in [3.8, 4) is 5.75 Å². The number of benzene rings is 2. The van der Waals surface area contributed by atoms with Crippen LogP contribution in [0, 0.1) is 5.82 Å². The van der Waals surface area contributed by atoms with Gasteiger partial charge in [-0.15, -0.1) is 0 Å². The fourth-order valence-electron chi connectivity index (χ4n) is 2.47. The molecule has 0 spiro atoms. The van der Waals surface area contributed by atoms with Crippen molar-refractivity contribution < 1.29 is 13.9 Å². The summed E-state index contributed by atoms with van der Waals surface area (Å²) in [7, 11) is 0. The van der Waals surface area contributed by atoms with E-state index >= 15 is 0 Å². The molecule has 0 amide bonds. The van der Waals surface area contributed by atoms with Crippen LogP contribution in [0.15, 0.2) is 46.9 Å². The predicted molar refractivity (Wildman–Crippen MR) is 104 cm³/mol. The molecule has 0 saturated carbocycles. The lowest BCUT2D eigenvalue weighted by Gasteiger charge is -2.25. The minimum absolute atomic E-state index is 0.112. The number of rotatable bonds is 9. The van der Waals surface area contributed by atoms with E-state index < -0.39 is 0 Å². The molecule has 0 aliphatic heterocycles. The number of hydrogen-bond acceptors (Lipinski definition) is 2. The lowest BCUT2D eigenvalue weighted by atomic mass is 9.85. The van der Waals surface area contributed by atoms with Crippen molar-refractivity contribution in [1.82, 2.24) is 0 Å². The Morgan fingerprint density at radius 3 is 2.44 bits per heavy atom. The lowest BCUT2D eigenvalue weighted by Crippen LogP contribution is -2.24. The first kappa shape index (κ1) is 19.9. The maximum Gasteiger partial charge on any atom is 0.137 e. The van der Waals surface area contributed by atoms with Crippen molar-refractivity contribution in [1.29, 1.82) is 0 Å². The minimum Gasteiger partial charge on any atom is -0.494 e. The molecule has 2 aromatic carbocycles. The molecular formula is C21H26BrFO2. The van der Waals surface area contributed by atoms with Crippen LogP contribution in [0.3, 0.4) is 0 Å². The average molecular weight is 409 g/mol. The van der Waals surface area contributed by atoms with Gasteiger partial charge in [-0.05, 0) is 57.7 Å². The molecule has 0 bridgehead atoms. The average Bonchev–Trinajstić information content (AvgIpc) is 2.59. The molecule has 2 rings (SSSR count). The van der Waals surface area contributed by atoms with E-state index in [1.807, 2.05) is 12.1 Å². The Bertz CT molecular complexity index is 668. The van der Waals surface area contributed by atoms with Crippen LogP contribution < -0.4 is 4.74 Å². The Morgan fingerprint density at radius 1 is 1.08 bits per heavy atom. The van der Waals surface area contributed by atoms with Gasteiger partial charge in [-0.1, -0.05) is 45.4 Å². The fourth-order valence-corrected chi connectivity index (χ4v) is 2.90. The summed E-state index contributed by atoms with van der Waals surface area (Å²) in [5.74, 6) is 0.649. The monoisotopic (exact) mass is 408 g/mol. The maximum absolute atomic E-state index is 13.3. The summed E-state index contributed by atoms with van der Waals surface area (Å²) in [5, 5.41) is 0. The molecule has 4 heteroatoms. The molecule has 2 nitrogen and oxygen atoms in total. The van der Waals surface area contributed by atoms with Crippen LogP contribution in [0.2, 0.25) is 0 Å². The van der Waals surface area contributed by atoms with Crippen molar-refractivity contribution in [2.45, 2.75) is 45.6 Å². The quantitative estimate of drug-likeness (QED) is 0.455. The van der Waals surface area contributed by atoms with E-state index in [1.54, 1.807) is 12.1 Å². The highest BCUT2D eigenvalue weighted by atomic mass is 79.9. The molecule has 25 heavy (non-hydrogen) atoms. The van der Waals surface area contributed by atoms with E-state index in [0.29, 0.717) is 17.7 Å². The van der Waals surface area contributed by atoms with Crippen LogP contribution in [0.5, 0.6) is 5.75 Å². The molecule has 0 atom stereocenters. The Kier molecular flexibility index (Phi) is 7.45. The van der Waals surface area contributed by atoms with E-state index in [9.17, 15) is 4.39 Å². The highest BCUT2D eigenvalue weighted by molar-refractivity contribution is 9.10. The van der Waals surface area contributed by atoms with Crippen LogP contribution in [0.25, 0.3) is 0 Å². The van der Waals surface area contributed by atoms with E-state index in [4.69, 9.17) is 9.47 Å². The maximum atomic E-state index is 13.3. The van der Waals surface area contributed by atoms with Gasteiger partial charge in [0.1, 0.15) is 11.6 Å². The van der Waals surface area contributed by atoms with Gasteiger partial charge in [0.15, 0.2) is 0 Å². The minimum atomic E-state index is -0.259. The third kappa shape index (κ3) is 6.12. The molecule has 0 aromatic heterocycles. The van der Waals surface area contributed by atoms with Crippen molar-refractivity contribution in [2.75, 3.05) is 13.2 Å². The molecule has 136 valence electrons. The van der Waals surface area contributed by atoms with Crippen molar-refractivity contribution in [2.24, 2.45) is 0 Å². The number of halogens is 2. The molecular weight excluding hydrogens is 383 g/mol. The summed E-state index contributed by atoms with van der Waals surface area (Å²) in [6.45, 7) is 8.26. The van der Waals surface area contributed by atoms with Gasteiger partial charge in [0.05, 0.1) is 24.3 Å². The zero-order valence-electron chi connectivity index (χ0n) is 15.1. The van der Waals surface area contributed by atoms with Gasteiger partial charge in [-0.25, -0.2) is 4.39 Å². The Labute approximate surface area is 158 Å². The van der Waals surface area contributed by atoms with Gasteiger partial charge in [0, 0.05) is 5.41 Å². The molecule has 0 radical (unpaired) electrons. The SMILES string of the molecule is CCCCOc1ccc(C(C)(C)COCc2ccc(F)c(Br)c2)cc1. The standard InChI is InChI=1S/C21H26BrFO2/c1-4-5-12-25-18-9-7-17(8-10-18)21(2,3)15-24-14-16-6-11-20(23)19(22)13-16/h6-11,13H,4-5,12,14-15H2,1-3H3. The Morgan fingerprint density at radius 2 is 1.80 bits per heavy atom. The van der Waals surface area contributed by atoms with Crippen LogP contribution in [-0.4, -0.2) is 13.2 Å². The summed E-state index contributed by atoms with van der Waals surface area (Å²) in [6.07, 6.45) is 2.20. The van der Waals surface area contributed by atoms with Crippen molar-refractivity contribution in [3.63, 3.8) is 0 Å². The van der Waals surface area contributed by atoms with Crippen molar-refractivity contribution in [3.05, 3.63) is 63.9 Å². The molecule has 0 fully saturated rings.